The van der Waals surface area contributed by atoms with E-state index in [2.05, 4.69) is 25.5 Å². The molecular weight excluding hydrogens is 474 g/mol. The molecule has 0 aliphatic carbocycles. The number of aromatic amines is 2. The maximum absolute atomic E-state index is 13.3. The molecule has 0 saturated heterocycles. The van der Waals surface area contributed by atoms with E-state index in [-0.39, 0.29) is 33.9 Å². The quantitative estimate of drug-likeness (QED) is 0.188. The van der Waals surface area contributed by atoms with Gasteiger partial charge in [-0.05, 0) is 48.2 Å². The minimum atomic E-state index is -0.576. The number of methoxy groups -OCH3 is 1. The number of amides is 1. The summed E-state index contributed by atoms with van der Waals surface area (Å²) in [6, 6.07) is 18.6. The molecule has 0 spiro atoms. The van der Waals surface area contributed by atoms with Crippen molar-refractivity contribution in [1.29, 1.82) is 0 Å². The van der Waals surface area contributed by atoms with Gasteiger partial charge in [-0.1, -0.05) is 36.4 Å². The number of ether oxygens (including phenoxy) is 1. The van der Waals surface area contributed by atoms with E-state index >= 15 is 0 Å². The van der Waals surface area contributed by atoms with Crippen molar-refractivity contribution in [3.05, 3.63) is 93.9 Å². The monoisotopic (exact) mass is 495 g/mol. The zero-order chi connectivity index (χ0) is 26.1. The van der Waals surface area contributed by atoms with Crippen LogP contribution >= 0.6 is 0 Å². The Balaban J connectivity index is 1.57. The molecule has 10 nitrogen and oxygen atoms in total. The molecule has 0 aliphatic heterocycles. The third-order valence-electron chi connectivity index (χ3n) is 5.92. The first-order valence-corrected chi connectivity index (χ1v) is 11.2. The second-order valence-electron chi connectivity index (χ2n) is 8.30. The van der Waals surface area contributed by atoms with Crippen LogP contribution in [0.25, 0.3) is 21.8 Å². The number of H-pyrrole nitrogens is 2. The highest BCUT2D eigenvalue weighted by atomic mass is 16.5. The molecule has 0 radical (unpaired) electrons. The van der Waals surface area contributed by atoms with Crippen molar-refractivity contribution in [2.24, 2.45) is 10.2 Å². The lowest BCUT2D eigenvalue weighted by Gasteiger charge is -2.12. The Morgan fingerprint density at radius 1 is 0.919 bits per heavy atom. The fraction of sp³-hybridized carbons (Fsp3) is 0.0741. The molecule has 0 saturated carbocycles. The number of carbonyl (C=O) groups excluding carboxylic acids is 2. The summed E-state index contributed by atoms with van der Waals surface area (Å²) in [5, 5.41) is 23.6. The number of fused-ring (bicyclic) bond motifs is 2. The number of azo groups is 1. The first-order valence-electron chi connectivity index (χ1n) is 11.2. The zero-order valence-corrected chi connectivity index (χ0v) is 19.8. The molecule has 0 atom stereocenters. The Kier molecular flexibility index (Phi) is 5.98. The molecule has 5 rings (SSSR count). The zero-order valence-electron chi connectivity index (χ0n) is 19.8. The number of carbonyl (C=O) groups is 2. The SMILES string of the molecule is COC(=O)c1ccccc1N=Nc1c(O)c(C(=O)Nc2cc3[nH]c(=O)[nH]c3cc2C)cc2ccccc12. The van der Waals surface area contributed by atoms with Crippen LogP contribution in [-0.2, 0) is 4.74 Å². The summed E-state index contributed by atoms with van der Waals surface area (Å²) in [6.07, 6.45) is 0. The smallest absolute Gasteiger partial charge is 0.340 e. The predicted molar refractivity (Wildman–Crippen MR) is 139 cm³/mol. The van der Waals surface area contributed by atoms with E-state index in [4.69, 9.17) is 4.74 Å². The number of aromatic nitrogens is 2. The lowest BCUT2D eigenvalue weighted by atomic mass is 10.0. The van der Waals surface area contributed by atoms with Crippen LogP contribution in [0.2, 0.25) is 0 Å². The molecule has 1 heterocycles. The highest BCUT2D eigenvalue weighted by molar-refractivity contribution is 6.12. The van der Waals surface area contributed by atoms with Gasteiger partial charge >= 0.3 is 11.7 Å². The number of hydrogen-bond donors (Lipinski definition) is 4. The standard InChI is InChI=1S/C27H21N5O5/c1-14-11-21-22(30-27(36)29-21)13-20(14)28-25(34)18-12-15-7-3-4-8-16(15)23(24(18)33)32-31-19-10-6-5-9-17(19)26(35)37-2/h3-13,33H,1-2H3,(H,28,34)(H2,29,30,36). The van der Waals surface area contributed by atoms with Crippen molar-refractivity contribution in [2.75, 3.05) is 12.4 Å². The van der Waals surface area contributed by atoms with Crippen LogP contribution in [0, 0.1) is 6.92 Å². The predicted octanol–water partition coefficient (Wildman–Crippen LogP) is 5.48. The van der Waals surface area contributed by atoms with Crippen LogP contribution in [0.15, 0.2) is 81.8 Å². The van der Waals surface area contributed by atoms with Gasteiger partial charge in [0.2, 0.25) is 0 Å². The van der Waals surface area contributed by atoms with Crippen LogP contribution in [0.3, 0.4) is 0 Å². The summed E-state index contributed by atoms with van der Waals surface area (Å²) in [5.41, 5.74) is 2.50. The van der Waals surface area contributed by atoms with Crippen LogP contribution in [0.4, 0.5) is 17.1 Å². The van der Waals surface area contributed by atoms with Gasteiger partial charge in [0, 0.05) is 11.1 Å². The second kappa shape index (κ2) is 9.42. The highest BCUT2D eigenvalue weighted by Gasteiger charge is 2.20. The van der Waals surface area contributed by atoms with Gasteiger partial charge in [-0.2, -0.15) is 0 Å². The number of nitrogens with one attached hydrogen (secondary N) is 3. The van der Waals surface area contributed by atoms with Crippen molar-refractivity contribution in [2.45, 2.75) is 6.92 Å². The fourth-order valence-corrected chi connectivity index (χ4v) is 4.05. The number of hydrogen-bond acceptors (Lipinski definition) is 7. The van der Waals surface area contributed by atoms with Crippen molar-refractivity contribution >= 4 is 50.7 Å². The number of esters is 1. The second-order valence-corrected chi connectivity index (χ2v) is 8.30. The molecule has 5 aromatic rings. The molecule has 37 heavy (non-hydrogen) atoms. The number of imidazole rings is 1. The molecule has 0 aliphatic rings. The highest BCUT2D eigenvalue weighted by Crippen LogP contribution is 2.40. The Morgan fingerprint density at radius 2 is 1.62 bits per heavy atom. The van der Waals surface area contributed by atoms with Gasteiger partial charge in [-0.15, -0.1) is 10.2 Å². The number of benzene rings is 4. The van der Waals surface area contributed by atoms with Crippen LogP contribution < -0.4 is 11.0 Å². The third kappa shape index (κ3) is 4.43. The molecule has 0 unspecified atom stereocenters. The van der Waals surface area contributed by atoms with E-state index in [1.807, 2.05) is 0 Å². The molecule has 1 amide bonds. The average Bonchev–Trinajstić information content (AvgIpc) is 3.26. The molecule has 4 N–H and O–H groups in total. The van der Waals surface area contributed by atoms with Gasteiger partial charge in [0.15, 0.2) is 5.75 Å². The summed E-state index contributed by atoms with van der Waals surface area (Å²) in [5.74, 6) is -1.52. The maximum Gasteiger partial charge on any atom is 0.340 e. The maximum atomic E-state index is 13.3. The summed E-state index contributed by atoms with van der Waals surface area (Å²) in [7, 11) is 1.27. The number of phenols is 1. The Morgan fingerprint density at radius 3 is 2.41 bits per heavy atom. The van der Waals surface area contributed by atoms with E-state index in [1.165, 1.54) is 7.11 Å². The number of anilines is 1. The van der Waals surface area contributed by atoms with E-state index < -0.39 is 11.9 Å². The van der Waals surface area contributed by atoms with Crippen LogP contribution in [0.1, 0.15) is 26.3 Å². The van der Waals surface area contributed by atoms with Gasteiger partial charge in [0.25, 0.3) is 5.91 Å². The molecular formula is C27H21N5O5. The number of phenolic OH excluding ortho intramolecular Hbond substituents is 1. The minimum absolute atomic E-state index is 0.0176. The Hall–Kier alpha value is -5.25. The molecule has 4 aromatic carbocycles. The van der Waals surface area contributed by atoms with E-state index in [0.29, 0.717) is 27.5 Å². The lowest BCUT2D eigenvalue weighted by Crippen LogP contribution is -2.13. The summed E-state index contributed by atoms with van der Waals surface area (Å²) in [6.45, 7) is 1.79. The van der Waals surface area contributed by atoms with Crippen molar-refractivity contribution < 1.29 is 19.4 Å². The largest absolute Gasteiger partial charge is 0.505 e. The van der Waals surface area contributed by atoms with Gasteiger partial charge in [-0.25, -0.2) is 9.59 Å². The minimum Gasteiger partial charge on any atom is -0.505 e. The summed E-state index contributed by atoms with van der Waals surface area (Å²) < 4.78 is 4.80. The van der Waals surface area contributed by atoms with E-state index in [9.17, 15) is 19.5 Å². The molecule has 10 heteroatoms. The first-order chi connectivity index (χ1) is 17.9. The molecule has 0 bridgehead atoms. The number of aromatic hydroxyl groups is 1. The average molecular weight is 495 g/mol. The Labute approximate surface area is 209 Å². The first kappa shape index (κ1) is 23.5. The number of rotatable bonds is 5. The van der Waals surface area contributed by atoms with E-state index in [1.54, 1.807) is 73.7 Å². The van der Waals surface area contributed by atoms with Crippen LogP contribution in [-0.4, -0.2) is 34.1 Å². The van der Waals surface area contributed by atoms with Gasteiger partial charge in [0.1, 0.15) is 11.4 Å². The molecule has 184 valence electrons. The Bertz CT molecular complexity index is 1780. The normalized spacial score (nSPS) is 11.3. The summed E-state index contributed by atoms with van der Waals surface area (Å²) >= 11 is 0. The molecule has 0 fully saturated rings. The fourth-order valence-electron chi connectivity index (χ4n) is 4.05. The third-order valence-corrected chi connectivity index (χ3v) is 5.92. The van der Waals surface area contributed by atoms with E-state index in [0.717, 1.165) is 5.56 Å². The van der Waals surface area contributed by atoms with Gasteiger partial charge in [-0.3, -0.25) is 4.79 Å². The summed E-state index contributed by atoms with van der Waals surface area (Å²) in [4.78, 5) is 42.4. The van der Waals surface area contributed by atoms with Crippen molar-refractivity contribution in [3.63, 3.8) is 0 Å². The van der Waals surface area contributed by atoms with Crippen molar-refractivity contribution in [3.8, 4) is 5.75 Å². The lowest BCUT2D eigenvalue weighted by molar-refractivity contribution is 0.0601. The van der Waals surface area contributed by atoms with Gasteiger partial charge in [0.05, 0.1) is 29.3 Å². The van der Waals surface area contributed by atoms with Crippen LogP contribution in [0.5, 0.6) is 5.75 Å². The van der Waals surface area contributed by atoms with Crippen molar-refractivity contribution in [1.82, 2.24) is 9.97 Å². The number of nitrogens with zero attached hydrogens (tertiary/aromatic N) is 2. The topological polar surface area (TPSA) is 149 Å². The molecule has 1 aromatic heterocycles. The van der Waals surface area contributed by atoms with Gasteiger partial charge < -0.3 is 25.1 Å². The number of aryl methyl sites for hydroxylation is 1.